The van der Waals surface area contributed by atoms with E-state index in [-0.39, 0.29) is 18.1 Å². The molecule has 118 valence electrons. The van der Waals surface area contributed by atoms with E-state index in [0.717, 1.165) is 18.7 Å². The van der Waals surface area contributed by atoms with Crippen LogP contribution in [-0.2, 0) is 4.74 Å². The maximum atomic E-state index is 12.3. The van der Waals surface area contributed by atoms with Crippen molar-refractivity contribution in [3.63, 3.8) is 0 Å². The Hall–Kier alpha value is -2.60. The van der Waals surface area contributed by atoms with Crippen molar-refractivity contribution in [3.05, 3.63) is 59.5 Å². The molecule has 0 radical (unpaired) electrons. The largest absolute Gasteiger partial charge is 0.459 e. The van der Waals surface area contributed by atoms with Gasteiger partial charge in [-0.05, 0) is 24.3 Å². The summed E-state index contributed by atoms with van der Waals surface area (Å²) < 4.78 is 10.7. The zero-order chi connectivity index (χ0) is 15.8. The van der Waals surface area contributed by atoms with E-state index in [1.807, 2.05) is 18.2 Å². The smallest absolute Gasteiger partial charge is 0.343 e. The van der Waals surface area contributed by atoms with E-state index in [1.54, 1.807) is 23.1 Å². The molecule has 6 nitrogen and oxygen atoms in total. The Kier molecular flexibility index (Phi) is 3.38. The SMILES string of the molecule is O=C1O[C@@H]([NH+]2CCN(C(=O)c3ccco3)CC2)c2ccccc21. The second-order valence-electron chi connectivity index (χ2n) is 5.80. The molecule has 2 aliphatic heterocycles. The monoisotopic (exact) mass is 313 g/mol. The number of nitrogens with zero attached hydrogens (tertiary/aromatic N) is 1. The molecule has 2 aromatic rings. The minimum Gasteiger partial charge on any atom is -0.459 e. The summed E-state index contributed by atoms with van der Waals surface area (Å²) in [7, 11) is 0. The van der Waals surface area contributed by atoms with E-state index in [2.05, 4.69) is 0 Å². The number of amides is 1. The Labute approximate surface area is 133 Å². The number of quaternary nitrogens is 1. The summed E-state index contributed by atoms with van der Waals surface area (Å²) in [6.45, 7) is 2.70. The topological polar surface area (TPSA) is 64.2 Å². The quantitative estimate of drug-likeness (QED) is 0.820. The molecule has 2 aliphatic rings. The standard InChI is InChI=1S/C17H16N2O4/c20-15(14-6-3-11-22-14)18-7-9-19(10-8-18)16-12-4-1-2-5-13(12)17(21)23-16/h1-6,11,16H,7-10H2/p+1/t16-/m1/s1. The van der Waals surface area contributed by atoms with Gasteiger partial charge in [0, 0.05) is 0 Å². The first kappa shape index (κ1) is 14.0. The summed E-state index contributed by atoms with van der Waals surface area (Å²) in [5.41, 5.74) is 1.59. The van der Waals surface area contributed by atoms with Crippen LogP contribution in [0.5, 0.6) is 0 Å². The third-order valence-corrected chi connectivity index (χ3v) is 4.48. The normalized spacial score (nSPS) is 21.1. The van der Waals surface area contributed by atoms with Gasteiger partial charge in [-0.3, -0.25) is 9.69 Å². The first-order valence-electron chi connectivity index (χ1n) is 7.71. The van der Waals surface area contributed by atoms with Crippen LogP contribution in [0.25, 0.3) is 0 Å². The predicted octanol–water partition coefficient (Wildman–Crippen LogP) is 0.490. The molecule has 1 atom stereocenters. The number of hydrogen-bond donors (Lipinski definition) is 1. The second-order valence-corrected chi connectivity index (χ2v) is 5.80. The van der Waals surface area contributed by atoms with Crippen LogP contribution < -0.4 is 4.90 Å². The lowest BCUT2D eigenvalue weighted by Gasteiger charge is -2.34. The van der Waals surface area contributed by atoms with E-state index in [4.69, 9.17) is 9.15 Å². The van der Waals surface area contributed by atoms with Gasteiger partial charge in [0.2, 0.25) is 0 Å². The van der Waals surface area contributed by atoms with Gasteiger partial charge in [-0.25, -0.2) is 4.79 Å². The Bertz CT molecular complexity index is 733. The molecule has 6 heteroatoms. The number of fused-ring (bicyclic) bond motifs is 1. The van der Waals surface area contributed by atoms with Crippen LogP contribution in [0, 0.1) is 0 Å². The lowest BCUT2D eigenvalue weighted by Crippen LogP contribution is -3.15. The van der Waals surface area contributed by atoms with E-state index >= 15 is 0 Å². The highest BCUT2D eigenvalue weighted by Crippen LogP contribution is 2.26. The highest BCUT2D eigenvalue weighted by molar-refractivity contribution is 5.93. The summed E-state index contributed by atoms with van der Waals surface area (Å²) in [5.74, 6) is 0.0242. The van der Waals surface area contributed by atoms with Crippen molar-refractivity contribution >= 4 is 11.9 Å². The average Bonchev–Trinajstić information content (AvgIpc) is 3.23. The molecule has 0 saturated carbocycles. The summed E-state index contributed by atoms with van der Waals surface area (Å²) >= 11 is 0. The molecular weight excluding hydrogens is 296 g/mol. The van der Waals surface area contributed by atoms with Crippen LogP contribution in [0.15, 0.2) is 47.1 Å². The number of hydrogen-bond acceptors (Lipinski definition) is 4. The Balaban J connectivity index is 1.45. The van der Waals surface area contributed by atoms with Crippen LogP contribution >= 0.6 is 0 Å². The number of furan rings is 1. The van der Waals surface area contributed by atoms with Gasteiger partial charge in [-0.2, -0.15) is 0 Å². The molecule has 0 aliphatic carbocycles. The molecule has 0 spiro atoms. The molecular formula is C17H17N2O4+. The lowest BCUT2D eigenvalue weighted by atomic mass is 10.1. The fourth-order valence-electron chi connectivity index (χ4n) is 3.26. The Morgan fingerprint density at radius 3 is 2.65 bits per heavy atom. The number of rotatable bonds is 2. The Morgan fingerprint density at radius 2 is 1.91 bits per heavy atom. The minimum atomic E-state index is -0.264. The molecule has 1 saturated heterocycles. The maximum Gasteiger partial charge on any atom is 0.343 e. The number of piperazine rings is 1. The number of carbonyl (C=O) groups excluding carboxylic acids is 2. The fraction of sp³-hybridized carbons (Fsp3) is 0.294. The van der Waals surface area contributed by atoms with Crippen molar-refractivity contribution in [1.29, 1.82) is 0 Å². The van der Waals surface area contributed by atoms with E-state index in [1.165, 1.54) is 11.2 Å². The van der Waals surface area contributed by atoms with Gasteiger partial charge >= 0.3 is 5.97 Å². The molecule has 1 amide bonds. The van der Waals surface area contributed by atoms with E-state index in [0.29, 0.717) is 24.4 Å². The molecule has 1 fully saturated rings. The molecule has 23 heavy (non-hydrogen) atoms. The average molecular weight is 313 g/mol. The van der Waals surface area contributed by atoms with Crippen molar-refractivity contribution < 1.29 is 23.6 Å². The molecule has 1 aromatic heterocycles. The third kappa shape index (κ3) is 2.41. The van der Waals surface area contributed by atoms with Gasteiger partial charge in [-0.15, -0.1) is 0 Å². The van der Waals surface area contributed by atoms with Crippen LogP contribution in [-0.4, -0.2) is 43.0 Å². The van der Waals surface area contributed by atoms with Gasteiger partial charge in [0.15, 0.2) is 5.76 Å². The molecule has 0 unspecified atom stereocenters. The zero-order valence-electron chi connectivity index (χ0n) is 12.5. The van der Waals surface area contributed by atoms with Crippen molar-refractivity contribution in [2.45, 2.75) is 6.23 Å². The summed E-state index contributed by atoms with van der Waals surface area (Å²) in [6, 6.07) is 10.9. The molecule has 0 bridgehead atoms. The van der Waals surface area contributed by atoms with Crippen LogP contribution in [0.1, 0.15) is 32.7 Å². The summed E-state index contributed by atoms with van der Waals surface area (Å²) in [6.07, 6.45) is 1.24. The Morgan fingerprint density at radius 1 is 1.13 bits per heavy atom. The maximum absolute atomic E-state index is 12.3. The van der Waals surface area contributed by atoms with Crippen molar-refractivity contribution in [2.24, 2.45) is 0 Å². The summed E-state index contributed by atoms with van der Waals surface area (Å²) in [4.78, 5) is 27.2. The number of benzene rings is 1. The van der Waals surface area contributed by atoms with Crippen LogP contribution in [0.3, 0.4) is 0 Å². The molecule has 1 aromatic carbocycles. The molecule has 3 heterocycles. The second kappa shape index (κ2) is 5.55. The highest BCUT2D eigenvalue weighted by Gasteiger charge is 2.40. The zero-order valence-corrected chi connectivity index (χ0v) is 12.5. The van der Waals surface area contributed by atoms with Gasteiger partial charge < -0.3 is 14.1 Å². The van der Waals surface area contributed by atoms with Gasteiger partial charge in [0.1, 0.15) is 0 Å². The first-order valence-corrected chi connectivity index (χ1v) is 7.71. The third-order valence-electron chi connectivity index (χ3n) is 4.48. The van der Waals surface area contributed by atoms with E-state index in [9.17, 15) is 9.59 Å². The van der Waals surface area contributed by atoms with Crippen LogP contribution in [0.4, 0.5) is 0 Å². The summed E-state index contributed by atoms with van der Waals surface area (Å²) in [5, 5.41) is 0. The van der Waals surface area contributed by atoms with Crippen molar-refractivity contribution in [2.75, 3.05) is 26.2 Å². The van der Waals surface area contributed by atoms with E-state index < -0.39 is 0 Å². The number of cyclic esters (lactones) is 1. The van der Waals surface area contributed by atoms with Gasteiger partial charge in [-0.1, -0.05) is 12.1 Å². The van der Waals surface area contributed by atoms with Gasteiger partial charge in [0.05, 0.1) is 43.6 Å². The van der Waals surface area contributed by atoms with Gasteiger partial charge in [0.25, 0.3) is 12.1 Å². The number of esters is 1. The number of ether oxygens (including phenoxy) is 1. The molecule has 4 rings (SSSR count). The van der Waals surface area contributed by atoms with Crippen LogP contribution in [0.2, 0.25) is 0 Å². The highest BCUT2D eigenvalue weighted by atomic mass is 16.6. The number of carbonyl (C=O) groups is 2. The van der Waals surface area contributed by atoms with Crippen molar-refractivity contribution in [3.8, 4) is 0 Å². The fourth-order valence-corrected chi connectivity index (χ4v) is 3.26. The lowest BCUT2D eigenvalue weighted by molar-refractivity contribution is -0.955. The minimum absolute atomic E-state index is 0.0853. The number of nitrogens with one attached hydrogen (secondary N) is 1. The predicted molar refractivity (Wildman–Crippen MR) is 79.9 cm³/mol. The van der Waals surface area contributed by atoms with Crippen molar-refractivity contribution in [1.82, 2.24) is 4.90 Å². The molecule has 1 N–H and O–H groups in total. The first-order chi connectivity index (χ1) is 11.2.